The number of carbonyl (C=O) groups excluding carboxylic acids is 1. The van der Waals surface area contributed by atoms with Crippen molar-refractivity contribution in [1.82, 2.24) is 9.80 Å². The third kappa shape index (κ3) is 2.73. The molecule has 2 unspecified atom stereocenters. The molecule has 0 bridgehead atoms. The van der Waals surface area contributed by atoms with Crippen molar-refractivity contribution in [3.63, 3.8) is 0 Å². The highest BCUT2D eigenvalue weighted by atomic mass is 16.1. The maximum absolute atomic E-state index is 12.3. The summed E-state index contributed by atoms with van der Waals surface area (Å²) in [4.78, 5) is 17.5. The van der Waals surface area contributed by atoms with Crippen LogP contribution in [-0.2, 0) is 4.79 Å². The van der Waals surface area contributed by atoms with Gasteiger partial charge in [-0.3, -0.25) is 9.69 Å². The number of carbonyl (C=O) groups is 1. The van der Waals surface area contributed by atoms with Crippen molar-refractivity contribution in [3.05, 3.63) is 0 Å². The third-order valence-electron chi connectivity index (χ3n) is 5.54. The summed E-state index contributed by atoms with van der Waals surface area (Å²) in [5, 5.41) is 0. The van der Waals surface area contributed by atoms with Crippen LogP contribution in [-0.4, -0.2) is 54.3 Å². The van der Waals surface area contributed by atoms with Crippen LogP contribution in [0.25, 0.3) is 0 Å². The molecule has 3 nitrogen and oxygen atoms in total. The molecule has 3 aliphatic rings. The van der Waals surface area contributed by atoms with Crippen molar-refractivity contribution >= 4 is 5.78 Å². The summed E-state index contributed by atoms with van der Waals surface area (Å²) in [6.45, 7) is 10.3. The zero-order chi connectivity index (χ0) is 13.5. The molecule has 0 amide bonds. The van der Waals surface area contributed by atoms with Crippen LogP contribution in [0.3, 0.4) is 0 Å². The second-order valence-corrected chi connectivity index (χ2v) is 7.43. The molecule has 0 aromatic carbocycles. The minimum Gasteiger partial charge on any atom is -0.301 e. The van der Waals surface area contributed by atoms with E-state index >= 15 is 0 Å². The molecule has 0 radical (unpaired) electrons. The van der Waals surface area contributed by atoms with E-state index in [0.29, 0.717) is 11.7 Å². The Kier molecular flexibility index (Phi) is 3.69. The molecule has 3 rings (SSSR count). The average molecular weight is 264 g/mol. The Labute approximate surface area is 117 Å². The van der Waals surface area contributed by atoms with Gasteiger partial charge in [-0.15, -0.1) is 0 Å². The number of Topliss-reactive ketones (excluding diaryl/α,β-unsaturated/α-hetero) is 1. The van der Waals surface area contributed by atoms with Crippen LogP contribution in [0.2, 0.25) is 0 Å². The second-order valence-electron chi connectivity index (χ2n) is 7.43. The van der Waals surface area contributed by atoms with Gasteiger partial charge >= 0.3 is 0 Å². The van der Waals surface area contributed by atoms with Crippen molar-refractivity contribution in [3.8, 4) is 0 Å². The van der Waals surface area contributed by atoms with E-state index < -0.39 is 0 Å². The van der Waals surface area contributed by atoms with Crippen LogP contribution in [0.1, 0.15) is 46.0 Å². The summed E-state index contributed by atoms with van der Waals surface area (Å²) >= 11 is 0. The smallest absolute Gasteiger partial charge is 0.142 e. The molecule has 1 aliphatic carbocycles. The lowest BCUT2D eigenvalue weighted by atomic mass is 9.89. The molecule has 19 heavy (non-hydrogen) atoms. The lowest BCUT2D eigenvalue weighted by Gasteiger charge is -2.25. The molecule has 0 aromatic rings. The van der Waals surface area contributed by atoms with E-state index in [4.69, 9.17) is 0 Å². The van der Waals surface area contributed by atoms with Crippen molar-refractivity contribution < 1.29 is 4.79 Å². The molecular formula is C16H28N2O. The highest BCUT2D eigenvalue weighted by Gasteiger charge is 2.41. The van der Waals surface area contributed by atoms with Crippen molar-refractivity contribution in [2.75, 3.05) is 32.7 Å². The van der Waals surface area contributed by atoms with Crippen LogP contribution < -0.4 is 0 Å². The quantitative estimate of drug-likeness (QED) is 0.780. The summed E-state index contributed by atoms with van der Waals surface area (Å²) in [7, 11) is 0. The Balaban J connectivity index is 1.51. The number of rotatable bonds is 3. The van der Waals surface area contributed by atoms with Crippen molar-refractivity contribution in [1.29, 1.82) is 0 Å². The maximum atomic E-state index is 12.3. The van der Waals surface area contributed by atoms with Crippen LogP contribution in [0.5, 0.6) is 0 Å². The van der Waals surface area contributed by atoms with E-state index in [9.17, 15) is 4.79 Å². The molecular weight excluding hydrogens is 236 g/mol. The molecule has 108 valence electrons. The van der Waals surface area contributed by atoms with Crippen LogP contribution in [0, 0.1) is 11.3 Å². The van der Waals surface area contributed by atoms with Gasteiger partial charge in [-0.25, -0.2) is 0 Å². The first-order valence-electron chi connectivity index (χ1n) is 8.07. The monoisotopic (exact) mass is 264 g/mol. The molecule has 2 aliphatic heterocycles. The van der Waals surface area contributed by atoms with Gasteiger partial charge in [-0.2, -0.15) is 0 Å². The Morgan fingerprint density at radius 2 is 1.89 bits per heavy atom. The molecule has 2 saturated heterocycles. The summed E-state index contributed by atoms with van der Waals surface area (Å²) < 4.78 is 0. The van der Waals surface area contributed by atoms with Crippen molar-refractivity contribution in [2.24, 2.45) is 11.3 Å². The number of hydrogen-bond donors (Lipinski definition) is 0. The number of hydrogen-bond acceptors (Lipinski definition) is 3. The third-order valence-corrected chi connectivity index (χ3v) is 5.54. The Hall–Kier alpha value is -0.410. The Morgan fingerprint density at radius 1 is 1.16 bits per heavy atom. The molecule has 0 N–H and O–H groups in total. The minimum absolute atomic E-state index is 0.0568. The number of nitrogens with zero attached hydrogens (tertiary/aromatic N) is 2. The number of likely N-dealkylation sites (tertiary alicyclic amines) is 2. The molecule has 1 saturated carbocycles. The largest absolute Gasteiger partial charge is 0.301 e. The van der Waals surface area contributed by atoms with Gasteiger partial charge in [0.1, 0.15) is 5.78 Å². The van der Waals surface area contributed by atoms with E-state index in [1.807, 2.05) is 0 Å². The van der Waals surface area contributed by atoms with Gasteiger partial charge in [0.15, 0.2) is 0 Å². The topological polar surface area (TPSA) is 23.6 Å². The maximum Gasteiger partial charge on any atom is 0.142 e. The summed E-state index contributed by atoms with van der Waals surface area (Å²) in [5.74, 6) is 0.824. The first-order chi connectivity index (χ1) is 9.06. The van der Waals surface area contributed by atoms with Crippen LogP contribution in [0.15, 0.2) is 0 Å². The fraction of sp³-hybridized carbons (Fsp3) is 0.938. The van der Waals surface area contributed by atoms with Gasteiger partial charge in [0, 0.05) is 30.5 Å². The van der Waals surface area contributed by atoms with Gasteiger partial charge < -0.3 is 4.90 Å². The normalized spacial score (nSPS) is 36.4. The van der Waals surface area contributed by atoms with E-state index in [0.717, 1.165) is 25.4 Å². The van der Waals surface area contributed by atoms with Crippen LogP contribution >= 0.6 is 0 Å². The van der Waals surface area contributed by atoms with E-state index in [-0.39, 0.29) is 5.41 Å². The SMILES string of the molecule is CC1(C)CCC(CN2CCC(N3CCCC3)C2)C1=O. The van der Waals surface area contributed by atoms with E-state index in [2.05, 4.69) is 23.6 Å². The minimum atomic E-state index is -0.0568. The van der Waals surface area contributed by atoms with E-state index in [1.165, 1.54) is 45.4 Å². The molecule has 3 fully saturated rings. The average Bonchev–Trinajstić information content (AvgIpc) is 3.07. The fourth-order valence-electron chi connectivity index (χ4n) is 4.21. The highest BCUT2D eigenvalue weighted by molar-refractivity contribution is 5.88. The van der Waals surface area contributed by atoms with Gasteiger partial charge in [0.2, 0.25) is 0 Å². The second kappa shape index (κ2) is 5.17. The summed E-state index contributed by atoms with van der Waals surface area (Å²) in [6.07, 6.45) is 6.26. The zero-order valence-electron chi connectivity index (χ0n) is 12.5. The highest BCUT2D eigenvalue weighted by Crippen LogP contribution is 2.38. The Morgan fingerprint density at radius 3 is 2.53 bits per heavy atom. The fourth-order valence-corrected chi connectivity index (χ4v) is 4.21. The number of ketones is 1. The van der Waals surface area contributed by atoms with E-state index in [1.54, 1.807) is 0 Å². The first kappa shape index (κ1) is 13.6. The predicted octanol–water partition coefficient (Wildman–Crippen LogP) is 2.16. The zero-order valence-corrected chi connectivity index (χ0v) is 12.5. The lowest BCUT2D eigenvalue weighted by Crippen LogP contribution is -2.37. The summed E-state index contributed by atoms with van der Waals surface area (Å²) in [6, 6.07) is 0.770. The molecule has 0 spiro atoms. The molecule has 2 heterocycles. The Bertz CT molecular complexity index is 347. The standard InChI is InChI=1S/C16H28N2O/c1-16(2)7-5-13(15(16)19)11-17-10-6-14(12-17)18-8-3-4-9-18/h13-14H,3-12H2,1-2H3. The van der Waals surface area contributed by atoms with Crippen molar-refractivity contribution in [2.45, 2.75) is 52.0 Å². The van der Waals surface area contributed by atoms with Crippen LogP contribution in [0.4, 0.5) is 0 Å². The molecule has 3 heteroatoms. The predicted molar refractivity (Wildman–Crippen MR) is 77.2 cm³/mol. The first-order valence-corrected chi connectivity index (χ1v) is 8.07. The van der Waals surface area contributed by atoms with Gasteiger partial charge in [0.05, 0.1) is 0 Å². The van der Waals surface area contributed by atoms with Gasteiger partial charge in [0.25, 0.3) is 0 Å². The lowest BCUT2D eigenvalue weighted by molar-refractivity contribution is -0.127. The summed E-state index contributed by atoms with van der Waals surface area (Å²) in [5.41, 5.74) is -0.0568. The van der Waals surface area contributed by atoms with Gasteiger partial charge in [-0.05, 0) is 51.7 Å². The molecule has 0 aromatic heterocycles. The molecule has 2 atom stereocenters. The van der Waals surface area contributed by atoms with Gasteiger partial charge in [-0.1, -0.05) is 13.8 Å².